The van der Waals surface area contributed by atoms with Crippen LogP contribution in [0.15, 0.2) is 0 Å². The molecule has 0 bridgehead atoms. The molecule has 112 valence electrons. The van der Waals surface area contributed by atoms with Crippen molar-refractivity contribution in [3.63, 3.8) is 0 Å². The highest BCUT2D eigenvalue weighted by atomic mass is 16.5. The van der Waals surface area contributed by atoms with Gasteiger partial charge in [-0.15, -0.1) is 0 Å². The van der Waals surface area contributed by atoms with Crippen LogP contribution in [0.3, 0.4) is 0 Å². The summed E-state index contributed by atoms with van der Waals surface area (Å²) in [5.74, 6) is -0.744. The Hall–Kier alpha value is -1.30. The van der Waals surface area contributed by atoms with Gasteiger partial charge in [-0.25, -0.2) is 4.79 Å². The van der Waals surface area contributed by atoms with Gasteiger partial charge in [0.2, 0.25) is 0 Å². The molecule has 6 heteroatoms. The zero-order valence-corrected chi connectivity index (χ0v) is 12.0. The number of carbonyl (C=O) groups excluding carboxylic acids is 1. The summed E-state index contributed by atoms with van der Waals surface area (Å²) in [4.78, 5) is 23.5. The minimum absolute atomic E-state index is 0.0679. The molecule has 0 aliphatic carbocycles. The van der Waals surface area contributed by atoms with E-state index in [1.807, 2.05) is 0 Å². The number of rotatable bonds is 11. The smallest absolute Gasteiger partial charge is 0.317 e. The number of hydrogen-bond acceptors (Lipinski definition) is 3. The molecule has 19 heavy (non-hydrogen) atoms. The lowest BCUT2D eigenvalue weighted by Crippen LogP contribution is -2.38. The van der Waals surface area contributed by atoms with Crippen LogP contribution in [0.4, 0.5) is 4.79 Å². The van der Waals surface area contributed by atoms with Crippen LogP contribution in [0.2, 0.25) is 0 Å². The lowest BCUT2D eigenvalue weighted by molar-refractivity contribution is -0.137. The Bertz CT molecular complexity index is 259. The second kappa shape index (κ2) is 11.8. The second-order valence-corrected chi connectivity index (χ2v) is 4.56. The molecule has 0 saturated carbocycles. The minimum atomic E-state index is -0.744. The third-order valence-corrected chi connectivity index (χ3v) is 2.78. The van der Waals surface area contributed by atoms with Crippen LogP contribution in [0.5, 0.6) is 0 Å². The molecule has 0 radical (unpaired) electrons. The number of urea groups is 1. The van der Waals surface area contributed by atoms with E-state index in [2.05, 4.69) is 5.32 Å². The predicted octanol–water partition coefficient (Wildman–Crippen LogP) is 1.70. The Balaban J connectivity index is 3.39. The maximum atomic E-state index is 11.6. The van der Waals surface area contributed by atoms with Gasteiger partial charge in [0.25, 0.3) is 0 Å². The lowest BCUT2D eigenvalue weighted by Gasteiger charge is -2.17. The van der Waals surface area contributed by atoms with Crippen LogP contribution in [-0.4, -0.2) is 55.9 Å². The number of ether oxygens (including phenoxy) is 1. The average Bonchev–Trinajstić information content (AvgIpc) is 2.37. The van der Waals surface area contributed by atoms with Gasteiger partial charge >= 0.3 is 12.0 Å². The third-order valence-electron chi connectivity index (χ3n) is 2.78. The van der Waals surface area contributed by atoms with Crippen LogP contribution in [0.25, 0.3) is 0 Å². The van der Waals surface area contributed by atoms with Crippen LogP contribution in [-0.2, 0) is 9.53 Å². The Morgan fingerprint density at radius 2 is 1.84 bits per heavy atom. The molecule has 0 heterocycles. The molecular formula is C13H26N2O4. The van der Waals surface area contributed by atoms with E-state index >= 15 is 0 Å². The molecule has 2 amide bonds. The molecule has 0 spiro atoms. The van der Waals surface area contributed by atoms with Crippen molar-refractivity contribution in [3.05, 3.63) is 0 Å². The summed E-state index contributed by atoms with van der Waals surface area (Å²) in [5.41, 5.74) is 0. The highest BCUT2D eigenvalue weighted by Gasteiger charge is 2.06. The molecular weight excluding hydrogens is 248 g/mol. The van der Waals surface area contributed by atoms with Crippen molar-refractivity contribution in [3.8, 4) is 0 Å². The summed E-state index contributed by atoms with van der Waals surface area (Å²) >= 11 is 0. The van der Waals surface area contributed by atoms with Crippen LogP contribution >= 0.6 is 0 Å². The highest BCUT2D eigenvalue weighted by Crippen LogP contribution is 2.02. The van der Waals surface area contributed by atoms with E-state index in [0.29, 0.717) is 26.1 Å². The number of carboxylic acid groups (broad SMARTS) is 1. The zero-order chi connectivity index (χ0) is 14.5. The molecule has 0 unspecified atom stereocenters. The number of nitrogens with zero attached hydrogens (tertiary/aromatic N) is 1. The largest absolute Gasteiger partial charge is 0.481 e. The van der Waals surface area contributed by atoms with Crippen molar-refractivity contribution in [2.24, 2.45) is 0 Å². The van der Waals surface area contributed by atoms with Crippen LogP contribution in [0.1, 0.15) is 38.5 Å². The number of methoxy groups -OCH3 is 1. The third kappa shape index (κ3) is 11.5. The fourth-order valence-corrected chi connectivity index (χ4v) is 1.63. The van der Waals surface area contributed by atoms with E-state index in [9.17, 15) is 9.59 Å². The zero-order valence-electron chi connectivity index (χ0n) is 12.0. The molecule has 0 aromatic heterocycles. The van der Waals surface area contributed by atoms with Gasteiger partial charge in [0, 0.05) is 40.3 Å². The lowest BCUT2D eigenvalue weighted by atomic mass is 10.1. The van der Waals surface area contributed by atoms with Crippen molar-refractivity contribution in [2.45, 2.75) is 38.5 Å². The Labute approximate surface area is 115 Å². The quantitative estimate of drug-likeness (QED) is 0.562. The van der Waals surface area contributed by atoms with Gasteiger partial charge in [-0.1, -0.05) is 12.8 Å². The van der Waals surface area contributed by atoms with Crippen molar-refractivity contribution < 1.29 is 19.4 Å². The number of carboxylic acids is 1. The fraction of sp³-hybridized carbons (Fsp3) is 0.846. The Morgan fingerprint density at radius 1 is 1.16 bits per heavy atom. The van der Waals surface area contributed by atoms with Gasteiger partial charge in [0.05, 0.1) is 0 Å². The van der Waals surface area contributed by atoms with Crippen molar-refractivity contribution in [1.82, 2.24) is 10.2 Å². The van der Waals surface area contributed by atoms with Crippen LogP contribution in [0, 0.1) is 0 Å². The molecule has 2 N–H and O–H groups in total. The van der Waals surface area contributed by atoms with Gasteiger partial charge in [0.1, 0.15) is 0 Å². The SMILES string of the molecule is COCCCN(C)C(=O)NCCCCCCC(=O)O. The van der Waals surface area contributed by atoms with E-state index in [4.69, 9.17) is 9.84 Å². The summed E-state index contributed by atoms with van der Waals surface area (Å²) < 4.78 is 4.92. The molecule has 0 aliphatic rings. The Morgan fingerprint density at radius 3 is 2.47 bits per heavy atom. The Kier molecular flexibility index (Phi) is 11.0. The molecule has 0 saturated heterocycles. The number of carbonyl (C=O) groups is 2. The van der Waals surface area contributed by atoms with Gasteiger partial charge < -0.3 is 20.1 Å². The number of unbranched alkanes of at least 4 members (excludes halogenated alkanes) is 3. The highest BCUT2D eigenvalue weighted by molar-refractivity contribution is 5.73. The molecule has 0 rings (SSSR count). The predicted molar refractivity (Wildman–Crippen MR) is 73.2 cm³/mol. The number of amides is 2. The molecule has 0 aliphatic heterocycles. The van der Waals surface area contributed by atoms with Gasteiger partial charge in [-0.05, 0) is 19.3 Å². The van der Waals surface area contributed by atoms with E-state index in [1.165, 1.54) is 0 Å². The molecule has 0 fully saturated rings. The van der Waals surface area contributed by atoms with E-state index < -0.39 is 5.97 Å². The second-order valence-electron chi connectivity index (χ2n) is 4.56. The first-order valence-corrected chi connectivity index (χ1v) is 6.77. The van der Waals surface area contributed by atoms with E-state index in [0.717, 1.165) is 25.7 Å². The summed E-state index contributed by atoms with van der Waals surface area (Å²) in [6.07, 6.45) is 4.49. The fourth-order valence-electron chi connectivity index (χ4n) is 1.63. The van der Waals surface area contributed by atoms with Crippen molar-refractivity contribution in [2.75, 3.05) is 33.9 Å². The number of nitrogens with one attached hydrogen (secondary N) is 1. The molecule has 0 aromatic carbocycles. The monoisotopic (exact) mass is 274 g/mol. The normalized spacial score (nSPS) is 10.2. The average molecular weight is 274 g/mol. The van der Waals surface area contributed by atoms with Gasteiger partial charge in [-0.2, -0.15) is 0 Å². The first-order valence-electron chi connectivity index (χ1n) is 6.77. The molecule has 0 atom stereocenters. The first kappa shape index (κ1) is 17.7. The summed E-state index contributed by atoms with van der Waals surface area (Å²) in [6.45, 7) is 1.97. The first-order chi connectivity index (χ1) is 9.07. The minimum Gasteiger partial charge on any atom is -0.481 e. The molecule has 6 nitrogen and oxygen atoms in total. The standard InChI is InChI=1S/C13H26N2O4/c1-15(10-7-11-19-2)13(18)14-9-6-4-3-5-8-12(16)17/h3-11H2,1-2H3,(H,14,18)(H,16,17). The summed E-state index contributed by atoms with van der Waals surface area (Å²) in [5, 5.41) is 11.3. The van der Waals surface area contributed by atoms with Crippen molar-refractivity contribution >= 4 is 12.0 Å². The summed E-state index contributed by atoms with van der Waals surface area (Å²) in [7, 11) is 3.41. The van der Waals surface area contributed by atoms with Crippen LogP contribution < -0.4 is 5.32 Å². The maximum absolute atomic E-state index is 11.6. The number of aliphatic carboxylic acids is 1. The van der Waals surface area contributed by atoms with Gasteiger partial charge in [-0.3, -0.25) is 4.79 Å². The van der Waals surface area contributed by atoms with E-state index in [-0.39, 0.29) is 12.5 Å². The summed E-state index contributed by atoms with van der Waals surface area (Å²) in [6, 6.07) is -0.0679. The van der Waals surface area contributed by atoms with Crippen molar-refractivity contribution in [1.29, 1.82) is 0 Å². The topological polar surface area (TPSA) is 78.9 Å². The molecule has 0 aromatic rings. The van der Waals surface area contributed by atoms with Gasteiger partial charge in [0.15, 0.2) is 0 Å². The number of hydrogen-bond donors (Lipinski definition) is 2. The maximum Gasteiger partial charge on any atom is 0.317 e. The van der Waals surface area contributed by atoms with E-state index in [1.54, 1.807) is 19.1 Å².